The summed E-state index contributed by atoms with van der Waals surface area (Å²) in [5, 5.41) is 0. The molecule has 1 aromatic rings. The second-order valence-electron chi connectivity index (χ2n) is 5.89. The highest BCUT2D eigenvalue weighted by molar-refractivity contribution is 5.43. The number of hydrogen-bond acceptors (Lipinski definition) is 0. The van der Waals surface area contributed by atoms with Crippen LogP contribution in [0.2, 0.25) is 0 Å². The van der Waals surface area contributed by atoms with Gasteiger partial charge in [-0.15, -0.1) is 0 Å². The van der Waals surface area contributed by atoms with Crippen molar-refractivity contribution in [3.05, 3.63) is 34.9 Å². The van der Waals surface area contributed by atoms with Crippen LogP contribution in [0.3, 0.4) is 0 Å². The molecule has 0 aromatic heterocycles. The van der Waals surface area contributed by atoms with E-state index in [1.165, 1.54) is 0 Å². The lowest BCUT2D eigenvalue weighted by atomic mass is 9.75. The molecule has 2 unspecified atom stereocenters. The van der Waals surface area contributed by atoms with Gasteiger partial charge in [0, 0.05) is 4.11 Å². The second-order valence-corrected chi connectivity index (χ2v) is 5.89. The molecule has 0 saturated carbocycles. The van der Waals surface area contributed by atoms with Crippen molar-refractivity contribution in [2.45, 2.75) is 72.1 Å². The van der Waals surface area contributed by atoms with Crippen LogP contribution in [0.5, 0.6) is 0 Å². The molecule has 0 saturated heterocycles. The first-order valence-corrected chi connectivity index (χ1v) is 6.41. The Morgan fingerprint density at radius 3 is 2.29 bits per heavy atom. The fourth-order valence-electron chi connectivity index (χ4n) is 2.26. The summed E-state index contributed by atoms with van der Waals surface area (Å²) in [4.78, 5) is 0. The Labute approximate surface area is 112 Å². The topological polar surface area (TPSA) is 0 Å². The lowest BCUT2D eigenvalue weighted by molar-refractivity contribution is 0.558. The molecule has 1 rings (SSSR count). The van der Waals surface area contributed by atoms with Crippen molar-refractivity contribution in [1.82, 2.24) is 0 Å². The zero-order chi connectivity index (χ0) is 15.8. The first-order chi connectivity index (χ1) is 8.97. The van der Waals surface area contributed by atoms with E-state index in [0.717, 1.165) is 23.1 Å². The third-order valence-electron chi connectivity index (χ3n) is 3.26. The Balaban J connectivity index is 3.69. The molecule has 0 radical (unpaired) electrons. The SMILES string of the molecule is [2H]CC([2H])(C)c1cccc(C([2H])(C)CC)c1C(C)(C)C. The minimum Gasteiger partial charge on any atom is -0.0648 e. The lowest BCUT2D eigenvalue weighted by Gasteiger charge is -2.30. The Hall–Kier alpha value is -0.780. The first kappa shape index (κ1) is 10.2. The molecule has 17 heavy (non-hydrogen) atoms. The third kappa shape index (κ3) is 3.12. The predicted molar refractivity (Wildman–Crippen MR) is 77.9 cm³/mol. The van der Waals surface area contributed by atoms with Crippen LogP contribution in [0.15, 0.2) is 18.2 Å². The Bertz CT molecular complexity index is 433. The quantitative estimate of drug-likeness (QED) is 0.637. The van der Waals surface area contributed by atoms with Gasteiger partial charge in [-0.05, 0) is 40.3 Å². The zero-order valence-electron chi connectivity index (χ0n) is 15.1. The summed E-state index contributed by atoms with van der Waals surface area (Å²) in [5.41, 5.74) is 2.83. The van der Waals surface area contributed by atoms with Crippen LogP contribution in [0.1, 0.15) is 87.5 Å². The summed E-state index contributed by atoms with van der Waals surface area (Å²) >= 11 is 0. The fourth-order valence-corrected chi connectivity index (χ4v) is 2.26. The van der Waals surface area contributed by atoms with Gasteiger partial charge in [-0.1, -0.05) is 66.6 Å². The molecule has 0 aliphatic heterocycles. The van der Waals surface area contributed by atoms with Gasteiger partial charge in [-0.2, -0.15) is 0 Å². The van der Waals surface area contributed by atoms with E-state index in [4.69, 9.17) is 4.11 Å². The van der Waals surface area contributed by atoms with Gasteiger partial charge < -0.3 is 0 Å². The highest BCUT2D eigenvalue weighted by Gasteiger charge is 2.24. The van der Waals surface area contributed by atoms with Gasteiger partial charge in [0.25, 0.3) is 0 Å². The Morgan fingerprint density at radius 2 is 1.82 bits per heavy atom. The van der Waals surface area contributed by atoms with Crippen molar-refractivity contribution in [2.75, 3.05) is 0 Å². The number of hydrogen-bond donors (Lipinski definition) is 0. The van der Waals surface area contributed by atoms with Crippen LogP contribution in [0.25, 0.3) is 0 Å². The van der Waals surface area contributed by atoms with E-state index in [0.29, 0.717) is 0 Å². The summed E-state index contributed by atoms with van der Waals surface area (Å²) in [5.74, 6) is -1.58. The van der Waals surface area contributed by atoms with Crippen molar-refractivity contribution in [2.24, 2.45) is 0 Å². The van der Waals surface area contributed by atoms with Crippen molar-refractivity contribution < 1.29 is 4.11 Å². The molecule has 0 aliphatic rings. The Morgan fingerprint density at radius 1 is 1.24 bits per heavy atom. The van der Waals surface area contributed by atoms with Crippen molar-refractivity contribution >= 4 is 0 Å². The molecule has 0 heterocycles. The van der Waals surface area contributed by atoms with Gasteiger partial charge in [0.15, 0.2) is 0 Å². The van der Waals surface area contributed by atoms with Gasteiger partial charge in [0.1, 0.15) is 0 Å². The average Bonchev–Trinajstić information content (AvgIpc) is 2.36. The van der Waals surface area contributed by atoms with E-state index in [9.17, 15) is 0 Å². The smallest absolute Gasteiger partial charge is 0.0349 e. The van der Waals surface area contributed by atoms with Gasteiger partial charge in [0.2, 0.25) is 0 Å². The molecule has 2 atom stereocenters. The largest absolute Gasteiger partial charge is 0.0648 e. The molecular weight excluding hydrogens is 204 g/mol. The van der Waals surface area contributed by atoms with Crippen LogP contribution in [0.4, 0.5) is 0 Å². The highest BCUT2D eigenvalue weighted by atomic mass is 14.3. The van der Waals surface area contributed by atoms with E-state index in [-0.39, 0.29) is 12.3 Å². The van der Waals surface area contributed by atoms with E-state index in [2.05, 4.69) is 20.8 Å². The molecule has 0 heteroatoms. The maximum atomic E-state index is 8.59. The van der Waals surface area contributed by atoms with Crippen molar-refractivity contribution in [3.8, 4) is 0 Å². The second kappa shape index (κ2) is 5.25. The van der Waals surface area contributed by atoms with Crippen molar-refractivity contribution in [1.29, 1.82) is 0 Å². The minimum atomic E-state index is -0.928. The first-order valence-electron chi connectivity index (χ1n) is 8.12. The van der Waals surface area contributed by atoms with Crippen LogP contribution >= 0.6 is 0 Å². The summed E-state index contributed by atoms with van der Waals surface area (Å²) < 4.78 is 24.7. The summed E-state index contributed by atoms with van der Waals surface area (Å²) in [6.07, 6.45) is 0.731. The summed E-state index contributed by atoms with van der Waals surface area (Å²) in [6.45, 7) is 12.2. The maximum absolute atomic E-state index is 8.59. The third-order valence-corrected chi connectivity index (χ3v) is 3.26. The van der Waals surface area contributed by atoms with Crippen molar-refractivity contribution in [3.63, 3.8) is 0 Å². The predicted octanol–water partition coefficient (Wildman–Crippen LogP) is 5.62. The molecule has 0 nitrogen and oxygen atoms in total. The fraction of sp³-hybridized carbons (Fsp3) is 0.647. The standard InChI is InChI=1S/C17H28/c1-8-13(4)15-11-9-10-14(12(2)3)16(15)17(5,6)7/h9-13H,8H2,1-7H3/i2D,12D,13D. The van der Waals surface area contributed by atoms with E-state index < -0.39 is 11.8 Å². The minimum absolute atomic E-state index is 0.0281. The number of benzene rings is 1. The van der Waals surface area contributed by atoms with Crippen LogP contribution in [0, 0.1) is 0 Å². The van der Waals surface area contributed by atoms with Crippen LogP contribution < -0.4 is 0 Å². The van der Waals surface area contributed by atoms with Gasteiger partial charge >= 0.3 is 0 Å². The lowest BCUT2D eigenvalue weighted by Crippen LogP contribution is -2.19. The molecule has 0 spiro atoms. The summed E-state index contributed by atoms with van der Waals surface area (Å²) in [6, 6.07) is 5.91. The molecular formula is C17H28. The summed E-state index contributed by atoms with van der Waals surface area (Å²) in [7, 11) is 0. The van der Waals surface area contributed by atoms with Crippen LogP contribution in [-0.4, -0.2) is 0 Å². The Kier molecular flexibility index (Phi) is 3.14. The highest BCUT2D eigenvalue weighted by Crippen LogP contribution is 2.37. The number of rotatable bonds is 3. The molecule has 0 bridgehead atoms. The van der Waals surface area contributed by atoms with Gasteiger partial charge in [-0.3, -0.25) is 0 Å². The van der Waals surface area contributed by atoms with E-state index >= 15 is 0 Å². The normalized spacial score (nSPS) is 21.9. The van der Waals surface area contributed by atoms with E-state index in [1.54, 1.807) is 6.92 Å². The molecule has 0 amide bonds. The van der Waals surface area contributed by atoms with Gasteiger partial charge in [0.05, 0.1) is 0 Å². The monoisotopic (exact) mass is 235 g/mol. The molecule has 0 aliphatic carbocycles. The van der Waals surface area contributed by atoms with Crippen LogP contribution in [-0.2, 0) is 5.41 Å². The average molecular weight is 235 g/mol. The van der Waals surface area contributed by atoms with Gasteiger partial charge in [-0.25, -0.2) is 0 Å². The molecule has 1 aromatic carbocycles. The zero-order valence-corrected chi connectivity index (χ0v) is 12.1. The molecule has 0 fully saturated rings. The molecule has 96 valence electrons. The molecule has 0 N–H and O–H groups in total. The van der Waals surface area contributed by atoms with E-state index in [1.807, 2.05) is 32.0 Å². The maximum Gasteiger partial charge on any atom is 0.0349 e.